The molecule has 11 rings (SSSR count). The summed E-state index contributed by atoms with van der Waals surface area (Å²) in [7, 11) is 0. The average Bonchev–Trinajstić information content (AvgIpc) is 1.51. The maximum atomic E-state index is 4.17. The fourth-order valence-corrected chi connectivity index (χ4v) is 19.6. The third kappa shape index (κ3) is 17.7. The molecule has 0 fully saturated rings. The Balaban J connectivity index is 1.14. The molecule has 0 unspecified atom stereocenters. The molecular weight excluding hydrogens is 1350 g/mol. The molecule has 0 saturated carbocycles. The Morgan fingerprint density at radius 3 is 0.693 bits per heavy atom. The van der Waals surface area contributed by atoms with Gasteiger partial charge in [-0.15, -0.1) is 0 Å². The van der Waals surface area contributed by atoms with Gasteiger partial charge in [0.2, 0.25) is 0 Å². The van der Waals surface area contributed by atoms with Gasteiger partial charge in [-0.1, -0.05) is 388 Å². The first-order valence-corrected chi connectivity index (χ1v) is 43.6. The Morgan fingerprint density at radius 1 is 0.208 bits per heavy atom. The zero-order valence-corrected chi connectivity index (χ0v) is 67.1. The molecule has 101 heavy (non-hydrogen) atoms. The molecule has 8 aromatic rings. The maximum Gasteiger partial charge on any atom is 0.0714 e. The van der Waals surface area contributed by atoms with Gasteiger partial charge in [0.05, 0.1) is 10.8 Å². The molecule has 3 aliphatic rings. The van der Waals surface area contributed by atoms with Crippen molar-refractivity contribution in [3.05, 3.63) is 245 Å². The van der Waals surface area contributed by atoms with Gasteiger partial charge in [-0.2, -0.15) is 0 Å². The molecule has 0 amide bonds. The van der Waals surface area contributed by atoms with Crippen LogP contribution in [0.3, 0.4) is 0 Å². The minimum absolute atomic E-state index is 0.154. The lowest BCUT2D eigenvalue weighted by Crippen LogP contribution is -2.29. The van der Waals surface area contributed by atoms with E-state index in [4.69, 9.17) is 0 Å². The van der Waals surface area contributed by atoms with E-state index in [0.29, 0.717) is 0 Å². The highest BCUT2D eigenvalue weighted by molar-refractivity contribution is 9.10. The van der Waals surface area contributed by atoms with Crippen molar-refractivity contribution in [1.29, 1.82) is 0 Å². The second-order valence-electron chi connectivity index (χ2n) is 31.7. The lowest BCUT2D eigenvalue weighted by Gasteiger charge is -2.36. The van der Waals surface area contributed by atoms with Gasteiger partial charge in [0, 0.05) is 14.4 Å². The van der Waals surface area contributed by atoms with Crippen molar-refractivity contribution in [2.75, 3.05) is 0 Å². The zero-order chi connectivity index (χ0) is 70.3. The number of fused-ring (bicyclic) bond motifs is 9. The van der Waals surface area contributed by atoms with Crippen LogP contribution in [0.25, 0.3) is 33.4 Å². The van der Waals surface area contributed by atoms with E-state index in [-0.39, 0.29) is 5.41 Å². The summed E-state index contributed by atoms with van der Waals surface area (Å²) >= 11 is 8.34. The van der Waals surface area contributed by atoms with Crippen LogP contribution in [-0.2, 0) is 41.9 Å². The summed E-state index contributed by atoms with van der Waals surface area (Å²) in [4.78, 5) is 0. The van der Waals surface area contributed by atoms with Gasteiger partial charge >= 0.3 is 0 Å². The predicted molar refractivity (Wildman–Crippen MR) is 447 cm³/mol. The second kappa shape index (κ2) is 38.6. The highest BCUT2D eigenvalue weighted by Gasteiger charge is 2.53. The second-order valence-corrected chi connectivity index (χ2v) is 33.6. The van der Waals surface area contributed by atoms with Crippen LogP contribution in [0, 0.1) is 0 Å². The van der Waals surface area contributed by atoms with Crippen LogP contribution in [0.4, 0.5) is 0 Å². The van der Waals surface area contributed by atoms with Crippen molar-refractivity contribution < 1.29 is 0 Å². The normalized spacial score (nSPS) is 14.1. The first-order valence-electron chi connectivity index (χ1n) is 42.1. The van der Waals surface area contributed by atoms with Crippen LogP contribution in [0.15, 0.2) is 167 Å². The number of halogens is 2. The molecule has 2 heteroatoms. The fraction of sp³-hybridized carbons (Fsp3) is 0.515. The summed E-state index contributed by atoms with van der Waals surface area (Å²) in [5, 5.41) is 0. The number of benzene rings is 8. The van der Waals surface area contributed by atoms with Crippen LogP contribution in [0.2, 0.25) is 0 Å². The van der Waals surface area contributed by atoms with Crippen LogP contribution < -0.4 is 0 Å². The molecule has 0 heterocycles. The molecular formula is C99H128Br2. The quantitative estimate of drug-likeness (QED) is 0.0334. The molecule has 3 aliphatic carbocycles. The average molecular weight is 1480 g/mol. The van der Waals surface area contributed by atoms with Crippen molar-refractivity contribution in [2.45, 2.75) is 327 Å². The van der Waals surface area contributed by atoms with Crippen molar-refractivity contribution in [2.24, 2.45) is 0 Å². The molecule has 0 saturated heterocycles. The van der Waals surface area contributed by atoms with E-state index in [2.05, 4.69) is 231 Å². The van der Waals surface area contributed by atoms with E-state index in [1.165, 1.54) is 344 Å². The molecule has 0 atom stereocenters. The minimum Gasteiger partial charge on any atom is -0.0654 e. The number of unbranched alkanes of at least 4 members (excludes halogenated alkanes) is 30. The Kier molecular flexibility index (Phi) is 29.4. The molecule has 0 spiro atoms. The standard InChI is InChI=1S/C99H128Br2/c1-7-13-19-25-31-37-43-75-47-55-79(56-48-75)98(80-57-49-76(50-58-80)44-38-32-26-20-14-8-2)93-69-83(100)63-65-85(93)87-71-91-89(73-95(87)98)90-74-96-88(72-92(90)97(91,67-41-35-29-23-17-11-5)68-42-36-30-24-18-12-6)86-66-64-84(101)70-94(86)99(96,81-59-51-77(52-60-81)45-39-33-27-21-15-9-3)82-61-53-78(54-62-82)46-40-34-28-22-16-10-4/h47-66,69-74H,7-46,67-68H2,1-6H3. The molecule has 0 radical (unpaired) electrons. The highest BCUT2D eigenvalue weighted by Crippen LogP contribution is 2.65. The topological polar surface area (TPSA) is 0 Å². The number of rotatable bonds is 46. The molecule has 0 aliphatic heterocycles. The van der Waals surface area contributed by atoms with Crippen LogP contribution in [0.1, 0.15) is 363 Å². The SMILES string of the molecule is CCCCCCCCc1ccc(C2(c3ccc(CCCCCCCC)cc3)c3cc(Br)ccc3-c3cc4c(cc32)-c2cc3c(cc2C4(CCCCCCCC)CCCCCCCC)-c2ccc(Br)cc2C3(c2ccc(CCCCCCCC)cc2)c2ccc(CCCCCCCC)cc2)cc1. The van der Waals surface area contributed by atoms with E-state index in [9.17, 15) is 0 Å². The van der Waals surface area contributed by atoms with Crippen LogP contribution in [0.5, 0.6) is 0 Å². The van der Waals surface area contributed by atoms with Gasteiger partial charge in [-0.25, -0.2) is 0 Å². The number of hydrogen-bond acceptors (Lipinski definition) is 0. The monoisotopic (exact) mass is 1470 g/mol. The summed E-state index contributed by atoms with van der Waals surface area (Å²) in [5.74, 6) is 0. The highest BCUT2D eigenvalue weighted by atomic mass is 79.9. The molecule has 0 bridgehead atoms. The lowest BCUT2D eigenvalue weighted by atomic mass is 9.66. The van der Waals surface area contributed by atoms with Crippen LogP contribution >= 0.6 is 31.9 Å². The Morgan fingerprint density at radius 2 is 0.426 bits per heavy atom. The Labute approximate surface area is 632 Å². The largest absolute Gasteiger partial charge is 0.0714 e. The third-order valence-electron chi connectivity index (χ3n) is 24.5. The molecule has 0 aromatic heterocycles. The minimum atomic E-state index is -0.553. The Hall–Kier alpha value is -5.28. The first-order chi connectivity index (χ1) is 49.7. The van der Waals surface area contributed by atoms with Gasteiger partial charge in [-0.3, -0.25) is 0 Å². The maximum absolute atomic E-state index is 4.17. The molecule has 0 nitrogen and oxygen atoms in total. The predicted octanol–water partition coefficient (Wildman–Crippen LogP) is 31.3. The zero-order valence-electron chi connectivity index (χ0n) is 64.0. The summed E-state index contributed by atoms with van der Waals surface area (Å²) in [6, 6.07) is 66.7. The van der Waals surface area contributed by atoms with Crippen molar-refractivity contribution in [1.82, 2.24) is 0 Å². The Bertz CT molecular complexity index is 3450. The van der Waals surface area contributed by atoms with Crippen molar-refractivity contribution in [3.8, 4) is 33.4 Å². The van der Waals surface area contributed by atoms with Gasteiger partial charge in [0.1, 0.15) is 0 Å². The van der Waals surface area contributed by atoms with E-state index >= 15 is 0 Å². The number of hydrogen-bond donors (Lipinski definition) is 0. The van der Waals surface area contributed by atoms with Gasteiger partial charge in [0.15, 0.2) is 0 Å². The summed E-state index contributed by atoms with van der Waals surface area (Å²) < 4.78 is 2.30. The van der Waals surface area contributed by atoms with E-state index in [1.54, 1.807) is 11.1 Å². The van der Waals surface area contributed by atoms with E-state index < -0.39 is 10.8 Å². The van der Waals surface area contributed by atoms with Crippen molar-refractivity contribution in [3.63, 3.8) is 0 Å². The van der Waals surface area contributed by atoms with E-state index in [0.717, 1.165) is 34.6 Å². The lowest BCUT2D eigenvalue weighted by molar-refractivity contribution is 0.398. The summed E-state index contributed by atoms with van der Waals surface area (Å²) in [6.07, 6.45) is 54.0. The summed E-state index contributed by atoms with van der Waals surface area (Å²) in [5.41, 5.74) is 27.6. The summed E-state index contributed by atoms with van der Waals surface area (Å²) in [6.45, 7) is 14.1. The van der Waals surface area contributed by atoms with Gasteiger partial charge in [0.25, 0.3) is 0 Å². The molecule has 538 valence electrons. The smallest absolute Gasteiger partial charge is 0.0654 e. The molecule has 0 N–H and O–H groups in total. The van der Waals surface area contributed by atoms with Crippen LogP contribution in [-0.4, -0.2) is 0 Å². The molecule has 8 aromatic carbocycles. The van der Waals surface area contributed by atoms with Gasteiger partial charge in [-0.05, 0) is 224 Å². The van der Waals surface area contributed by atoms with Gasteiger partial charge < -0.3 is 0 Å². The fourth-order valence-electron chi connectivity index (χ4n) is 18.8. The first kappa shape index (κ1) is 76.8. The number of aryl methyl sites for hydroxylation is 4. The van der Waals surface area contributed by atoms with Crippen molar-refractivity contribution >= 4 is 31.9 Å². The third-order valence-corrected chi connectivity index (χ3v) is 25.5. The van der Waals surface area contributed by atoms with E-state index in [1.807, 2.05) is 0 Å².